The molecule has 0 saturated carbocycles. The van der Waals surface area contributed by atoms with Crippen LogP contribution in [0.3, 0.4) is 0 Å². The fourth-order valence-electron chi connectivity index (χ4n) is 2.64. The summed E-state index contributed by atoms with van der Waals surface area (Å²) >= 11 is 12.2. The molecular formula is C13H24Cl2O4S. The van der Waals surface area contributed by atoms with Crippen LogP contribution < -0.4 is 0 Å². The van der Waals surface area contributed by atoms with Gasteiger partial charge in [-0.15, -0.1) is 23.2 Å². The van der Waals surface area contributed by atoms with Crippen molar-refractivity contribution in [3.63, 3.8) is 0 Å². The zero-order chi connectivity index (χ0) is 15.1. The summed E-state index contributed by atoms with van der Waals surface area (Å²) < 4.78 is 33.6. The minimum atomic E-state index is -2.91. The monoisotopic (exact) mass is 346 g/mol. The van der Waals surface area contributed by atoms with Gasteiger partial charge in [0.1, 0.15) is 0 Å². The molecule has 1 aliphatic rings. The molecule has 0 aromatic carbocycles. The molecule has 0 spiro atoms. The molecule has 0 amide bonds. The molecule has 1 aliphatic heterocycles. The molecule has 0 bridgehead atoms. The van der Waals surface area contributed by atoms with Gasteiger partial charge in [0.25, 0.3) is 0 Å². The molecule has 1 atom stereocenters. The maximum Gasteiger partial charge on any atom is 0.150 e. The number of sulfone groups is 1. The van der Waals surface area contributed by atoms with Crippen molar-refractivity contribution in [1.82, 2.24) is 0 Å². The lowest BCUT2D eigenvalue weighted by Crippen LogP contribution is -2.36. The van der Waals surface area contributed by atoms with Gasteiger partial charge in [-0.3, -0.25) is 0 Å². The van der Waals surface area contributed by atoms with Crippen molar-refractivity contribution in [3.8, 4) is 0 Å². The second-order valence-electron chi connectivity index (χ2n) is 5.44. The van der Waals surface area contributed by atoms with Crippen LogP contribution in [0.15, 0.2) is 0 Å². The van der Waals surface area contributed by atoms with E-state index in [0.29, 0.717) is 38.0 Å². The van der Waals surface area contributed by atoms with Gasteiger partial charge in [0, 0.05) is 30.9 Å². The standard InChI is InChI=1S/C13H24Cl2O4S/c1-18-6-7-19-5-2-4-13(10-14,11-15)12-3-8-20(16,17)9-12/h12H,2-11H2,1H3. The van der Waals surface area contributed by atoms with Crippen LogP contribution in [0.5, 0.6) is 0 Å². The first-order chi connectivity index (χ1) is 9.49. The van der Waals surface area contributed by atoms with Crippen molar-refractivity contribution in [3.05, 3.63) is 0 Å². The second kappa shape index (κ2) is 8.79. The summed E-state index contributed by atoms with van der Waals surface area (Å²) in [4.78, 5) is 0. The molecule has 0 aromatic heterocycles. The van der Waals surface area contributed by atoms with Crippen molar-refractivity contribution in [2.75, 3.05) is 50.2 Å². The SMILES string of the molecule is COCCOCCCC(CCl)(CCl)C1CCS(=O)(=O)C1. The third-order valence-corrected chi connectivity index (χ3v) is 6.86. The molecule has 0 aliphatic carbocycles. The second-order valence-corrected chi connectivity index (χ2v) is 8.20. The highest BCUT2D eigenvalue weighted by Crippen LogP contribution is 2.41. The van der Waals surface area contributed by atoms with Crippen LogP contribution in [0.1, 0.15) is 19.3 Å². The van der Waals surface area contributed by atoms with Crippen LogP contribution in [-0.4, -0.2) is 58.6 Å². The Morgan fingerprint density at radius 1 is 1.20 bits per heavy atom. The van der Waals surface area contributed by atoms with E-state index in [2.05, 4.69) is 0 Å². The molecule has 0 aromatic rings. The fourth-order valence-corrected chi connectivity index (χ4v) is 5.57. The van der Waals surface area contributed by atoms with E-state index in [9.17, 15) is 8.42 Å². The Hall–Kier alpha value is 0.450. The molecule has 20 heavy (non-hydrogen) atoms. The lowest BCUT2D eigenvalue weighted by Gasteiger charge is -2.35. The minimum absolute atomic E-state index is 0.0708. The Morgan fingerprint density at radius 2 is 1.90 bits per heavy atom. The molecule has 0 N–H and O–H groups in total. The van der Waals surface area contributed by atoms with Crippen LogP contribution in [0.4, 0.5) is 0 Å². The molecule has 4 nitrogen and oxygen atoms in total. The first kappa shape index (κ1) is 18.5. The Balaban J connectivity index is 2.46. The van der Waals surface area contributed by atoms with Crippen molar-refractivity contribution >= 4 is 33.0 Å². The van der Waals surface area contributed by atoms with Gasteiger partial charge >= 0.3 is 0 Å². The van der Waals surface area contributed by atoms with Crippen LogP contribution >= 0.6 is 23.2 Å². The predicted octanol–water partition coefficient (Wildman–Crippen LogP) is 2.33. The first-order valence-corrected chi connectivity index (χ1v) is 9.78. The van der Waals surface area contributed by atoms with E-state index >= 15 is 0 Å². The molecule has 1 unspecified atom stereocenters. The molecular weight excluding hydrogens is 323 g/mol. The summed E-state index contributed by atoms with van der Waals surface area (Å²) in [6.45, 7) is 1.78. The molecule has 1 heterocycles. The summed E-state index contributed by atoms with van der Waals surface area (Å²) in [5, 5.41) is 0. The topological polar surface area (TPSA) is 52.6 Å². The maximum atomic E-state index is 11.6. The van der Waals surface area contributed by atoms with E-state index in [-0.39, 0.29) is 22.8 Å². The van der Waals surface area contributed by atoms with Crippen molar-refractivity contribution < 1.29 is 17.9 Å². The molecule has 0 radical (unpaired) electrons. The lowest BCUT2D eigenvalue weighted by molar-refractivity contribution is 0.0625. The lowest BCUT2D eigenvalue weighted by atomic mass is 9.75. The largest absolute Gasteiger partial charge is 0.382 e. The highest BCUT2D eigenvalue weighted by Gasteiger charge is 2.43. The summed E-state index contributed by atoms with van der Waals surface area (Å²) in [6, 6.07) is 0. The summed E-state index contributed by atoms with van der Waals surface area (Å²) in [7, 11) is -1.27. The van der Waals surface area contributed by atoms with Gasteiger partial charge in [0.15, 0.2) is 9.84 Å². The number of hydrogen-bond donors (Lipinski definition) is 0. The highest BCUT2D eigenvalue weighted by molar-refractivity contribution is 7.91. The van der Waals surface area contributed by atoms with Gasteiger partial charge < -0.3 is 9.47 Å². The van der Waals surface area contributed by atoms with E-state index in [0.717, 1.165) is 12.8 Å². The number of halogens is 2. The van der Waals surface area contributed by atoms with E-state index in [1.165, 1.54) is 0 Å². The molecule has 1 fully saturated rings. The quantitative estimate of drug-likeness (QED) is 0.450. The van der Waals surface area contributed by atoms with Gasteiger partial charge in [-0.05, 0) is 25.2 Å². The van der Waals surface area contributed by atoms with Crippen molar-refractivity contribution in [1.29, 1.82) is 0 Å². The summed E-state index contributed by atoms with van der Waals surface area (Å²) in [6.07, 6.45) is 2.30. The number of ether oxygens (including phenoxy) is 2. The Morgan fingerprint density at radius 3 is 2.40 bits per heavy atom. The number of methoxy groups -OCH3 is 1. The molecule has 1 saturated heterocycles. The van der Waals surface area contributed by atoms with Crippen LogP contribution in [0.2, 0.25) is 0 Å². The molecule has 120 valence electrons. The number of hydrogen-bond acceptors (Lipinski definition) is 4. The first-order valence-electron chi connectivity index (χ1n) is 6.89. The van der Waals surface area contributed by atoms with Crippen LogP contribution in [0.25, 0.3) is 0 Å². The van der Waals surface area contributed by atoms with Gasteiger partial charge in [-0.25, -0.2) is 8.42 Å². The van der Waals surface area contributed by atoms with E-state index in [1.807, 2.05) is 0 Å². The van der Waals surface area contributed by atoms with Gasteiger partial charge in [-0.1, -0.05) is 0 Å². The summed E-state index contributed by atoms with van der Waals surface area (Å²) in [5.41, 5.74) is -0.294. The Labute approximate surface area is 132 Å². The molecule has 7 heteroatoms. The number of alkyl halides is 2. The van der Waals surface area contributed by atoms with Crippen LogP contribution in [-0.2, 0) is 19.3 Å². The normalized spacial score (nSPS) is 22.2. The number of rotatable bonds is 10. The Bertz CT molecular complexity index is 369. The van der Waals surface area contributed by atoms with Gasteiger partial charge in [0.2, 0.25) is 0 Å². The van der Waals surface area contributed by atoms with Crippen molar-refractivity contribution in [2.24, 2.45) is 11.3 Å². The maximum absolute atomic E-state index is 11.6. The van der Waals surface area contributed by atoms with E-state index in [1.54, 1.807) is 7.11 Å². The molecule has 1 rings (SSSR count). The van der Waals surface area contributed by atoms with Gasteiger partial charge in [0.05, 0.1) is 24.7 Å². The minimum Gasteiger partial charge on any atom is -0.382 e. The smallest absolute Gasteiger partial charge is 0.150 e. The van der Waals surface area contributed by atoms with Crippen LogP contribution in [0, 0.1) is 11.3 Å². The third kappa shape index (κ3) is 5.34. The van der Waals surface area contributed by atoms with E-state index in [4.69, 9.17) is 32.7 Å². The van der Waals surface area contributed by atoms with Crippen molar-refractivity contribution in [2.45, 2.75) is 19.3 Å². The third-order valence-electron chi connectivity index (χ3n) is 4.03. The zero-order valence-corrected chi connectivity index (χ0v) is 14.3. The average Bonchev–Trinajstić information content (AvgIpc) is 2.79. The Kier molecular flexibility index (Phi) is 8.13. The highest BCUT2D eigenvalue weighted by atomic mass is 35.5. The predicted molar refractivity (Wildman–Crippen MR) is 82.6 cm³/mol. The fraction of sp³-hybridized carbons (Fsp3) is 1.00. The average molecular weight is 347 g/mol. The van der Waals surface area contributed by atoms with Gasteiger partial charge in [-0.2, -0.15) is 0 Å². The van der Waals surface area contributed by atoms with E-state index < -0.39 is 9.84 Å². The zero-order valence-electron chi connectivity index (χ0n) is 11.9. The summed E-state index contributed by atoms with van der Waals surface area (Å²) in [5.74, 6) is 1.35.